The van der Waals surface area contributed by atoms with Crippen LogP contribution in [0.2, 0.25) is 0 Å². The number of carbonyl (C=O) groups excluding carboxylic acids is 1. The summed E-state index contributed by atoms with van der Waals surface area (Å²) in [5.41, 5.74) is 0.393. The zero-order valence-electron chi connectivity index (χ0n) is 9.72. The van der Waals surface area contributed by atoms with Crippen LogP contribution in [-0.4, -0.2) is 36.0 Å². The molecular formula is C12H12ClNO4. The highest BCUT2D eigenvalue weighted by atomic mass is 35.5. The Labute approximate surface area is 109 Å². The predicted molar refractivity (Wildman–Crippen MR) is 66.6 cm³/mol. The molecule has 1 aliphatic heterocycles. The molecule has 96 valence electrons. The normalized spacial score (nSPS) is 19.1. The van der Waals surface area contributed by atoms with Crippen LogP contribution in [-0.2, 0) is 4.79 Å². The van der Waals surface area contributed by atoms with E-state index in [2.05, 4.69) is 0 Å². The van der Waals surface area contributed by atoms with Gasteiger partial charge in [-0.25, -0.2) is 4.79 Å². The minimum atomic E-state index is -1.10. The topological polar surface area (TPSA) is 66.8 Å². The number of anilines is 1. The van der Waals surface area contributed by atoms with Crippen molar-refractivity contribution in [1.82, 2.24) is 0 Å². The van der Waals surface area contributed by atoms with Crippen LogP contribution in [0.5, 0.6) is 5.75 Å². The van der Waals surface area contributed by atoms with Crippen molar-refractivity contribution in [1.29, 1.82) is 0 Å². The summed E-state index contributed by atoms with van der Waals surface area (Å²) in [4.78, 5) is 24.3. The lowest BCUT2D eigenvalue weighted by Gasteiger charge is -2.18. The Bertz CT molecular complexity index is 503. The fraction of sp³-hybridized carbons (Fsp3) is 0.333. The second kappa shape index (κ2) is 4.86. The van der Waals surface area contributed by atoms with Crippen LogP contribution in [0.1, 0.15) is 16.8 Å². The van der Waals surface area contributed by atoms with E-state index < -0.39 is 5.97 Å². The first-order valence-electron chi connectivity index (χ1n) is 5.38. The van der Waals surface area contributed by atoms with Crippen LogP contribution in [0.15, 0.2) is 18.2 Å². The maximum atomic E-state index is 11.7. The fourth-order valence-electron chi connectivity index (χ4n) is 1.95. The monoisotopic (exact) mass is 269 g/mol. The Hall–Kier alpha value is -1.75. The zero-order valence-corrected chi connectivity index (χ0v) is 10.5. The Balaban J connectivity index is 2.44. The van der Waals surface area contributed by atoms with Gasteiger partial charge in [-0.05, 0) is 18.2 Å². The largest absolute Gasteiger partial charge is 0.497 e. The first-order valence-corrected chi connectivity index (χ1v) is 5.82. The number of carbonyl (C=O) groups is 2. The number of benzene rings is 1. The molecule has 1 heterocycles. The van der Waals surface area contributed by atoms with Gasteiger partial charge in [0.15, 0.2) is 0 Å². The molecule has 18 heavy (non-hydrogen) atoms. The number of halogens is 1. The SMILES string of the molecule is COc1ccc(N2CC(Cl)CC2=O)c(C(=O)O)c1. The minimum Gasteiger partial charge on any atom is -0.497 e. The molecule has 0 saturated carbocycles. The molecule has 0 radical (unpaired) electrons. The van der Waals surface area contributed by atoms with E-state index in [4.69, 9.17) is 16.3 Å². The van der Waals surface area contributed by atoms with Crippen LogP contribution >= 0.6 is 11.6 Å². The summed E-state index contributed by atoms with van der Waals surface area (Å²) in [5.74, 6) is -0.831. The van der Waals surface area contributed by atoms with Crippen molar-refractivity contribution in [2.24, 2.45) is 0 Å². The van der Waals surface area contributed by atoms with Gasteiger partial charge < -0.3 is 14.7 Å². The summed E-state index contributed by atoms with van der Waals surface area (Å²) in [5, 5.41) is 8.89. The van der Waals surface area contributed by atoms with Crippen molar-refractivity contribution in [2.75, 3.05) is 18.6 Å². The van der Waals surface area contributed by atoms with Gasteiger partial charge >= 0.3 is 5.97 Å². The number of rotatable bonds is 3. The smallest absolute Gasteiger partial charge is 0.337 e. The number of hydrogen-bond donors (Lipinski definition) is 1. The zero-order chi connectivity index (χ0) is 13.3. The number of methoxy groups -OCH3 is 1. The number of aromatic carboxylic acids is 1. The Morgan fingerprint density at radius 2 is 2.28 bits per heavy atom. The van der Waals surface area contributed by atoms with Gasteiger partial charge in [0.05, 0.1) is 23.7 Å². The van der Waals surface area contributed by atoms with E-state index in [0.29, 0.717) is 18.0 Å². The van der Waals surface area contributed by atoms with Gasteiger partial charge in [-0.3, -0.25) is 4.79 Å². The van der Waals surface area contributed by atoms with Crippen molar-refractivity contribution in [2.45, 2.75) is 11.8 Å². The van der Waals surface area contributed by atoms with Crippen LogP contribution in [0.3, 0.4) is 0 Å². The second-order valence-corrected chi connectivity index (χ2v) is 4.61. The highest BCUT2D eigenvalue weighted by molar-refractivity contribution is 6.24. The molecule has 0 spiro atoms. The van der Waals surface area contributed by atoms with Gasteiger partial charge in [0.1, 0.15) is 5.75 Å². The van der Waals surface area contributed by atoms with Gasteiger partial charge in [0.2, 0.25) is 5.91 Å². The molecule has 0 aliphatic carbocycles. The molecule has 1 amide bonds. The van der Waals surface area contributed by atoms with Crippen molar-refractivity contribution < 1.29 is 19.4 Å². The molecule has 1 aromatic carbocycles. The predicted octanol–water partition coefficient (Wildman–Crippen LogP) is 1.74. The van der Waals surface area contributed by atoms with E-state index in [1.165, 1.54) is 18.1 Å². The molecule has 1 aromatic rings. The number of carboxylic acids is 1. The number of ether oxygens (including phenoxy) is 1. The quantitative estimate of drug-likeness (QED) is 0.849. The first kappa shape index (κ1) is 12.7. The lowest BCUT2D eigenvalue weighted by Crippen LogP contribution is -2.26. The molecule has 2 rings (SSSR count). The molecule has 1 aliphatic rings. The van der Waals surface area contributed by atoms with Crippen molar-refractivity contribution >= 4 is 29.2 Å². The number of hydrogen-bond acceptors (Lipinski definition) is 3. The lowest BCUT2D eigenvalue weighted by molar-refractivity contribution is -0.117. The average Bonchev–Trinajstić information content (AvgIpc) is 2.67. The molecule has 1 unspecified atom stereocenters. The fourth-order valence-corrected chi connectivity index (χ4v) is 2.22. The molecule has 1 saturated heterocycles. The summed E-state index contributed by atoms with van der Waals surface area (Å²) >= 11 is 5.91. The van der Waals surface area contributed by atoms with E-state index in [9.17, 15) is 14.7 Å². The third-order valence-electron chi connectivity index (χ3n) is 2.80. The molecule has 0 bridgehead atoms. The second-order valence-electron chi connectivity index (χ2n) is 3.99. The molecule has 1 fully saturated rings. The number of alkyl halides is 1. The third kappa shape index (κ3) is 2.26. The Morgan fingerprint density at radius 1 is 1.56 bits per heavy atom. The Morgan fingerprint density at radius 3 is 2.78 bits per heavy atom. The number of nitrogens with zero attached hydrogens (tertiary/aromatic N) is 1. The lowest BCUT2D eigenvalue weighted by atomic mass is 10.1. The third-order valence-corrected chi connectivity index (χ3v) is 3.10. The summed E-state index contributed by atoms with van der Waals surface area (Å²) in [6.45, 7) is 0.326. The van der Waals surface area contributed by atoms with Crippen molar-refractivity contribution in [3.63, 3.8) is 0 Å². The molecule has 1 atom stereocenters. The first-order chi connectivity index (χ1) is 8.52. The van der Waals surface area contributed by atoms with Crippen LogP contribution < -0.4 is 9.64 Å². The van der Waals surface area contributed by atoms with Gasteiger partial charge in [-0.15, -0.1) is 11.6 Å². The molecule has 0 aromatic heterocycles. The summed E-state index contributed by atoms with van der Waals surface area (Å²) in [6, 6.07) is 4.58. The van der Waals surface area contributed by atoms with E-state index in [-0.39, 0.29) is 23.3 Å². The van der Waals surface area contributed by atoms with Crippen LogP contribution in [0.25, 0.3) is 0 Å². The van der Waals surface area contributed by atoms with E-state index in [1.54, 1.807) is 12.1 Å². The average molecular weight is 270 g/mol. The van der Waals surface area contributed by atoms with Crippen LogP contribution in [0.4, 0.5) is 5.69 Å². The minimum absolute atomic E-state index is 0.0356. The van der Waals surface area contributed by atoms with Gasteiger partial charge in [0, 0.05) is 13.0 Å². The standard InChI is InChI=1S/C12H12ClNO4/c1-18-8-2-3-10(9(5-8)12(16)17)14-6-7(13)4-11(14)15/h2-3,5,7H,4,6H2,1H3,(H,16,17). The number of amides is 1. The molecular weight excluding hydrogens is 258 g/mol. The Kier molecular flexibility index (Phi) is 3.43. The summed E-state index contributed by atoms with van der Waals surface area (Å²) < 4.78 is 4.98. The van der Waals surface area contributed by atoms with E-state index >= 15 is 0 Å². The maximum Gasteiger partial charge on any atom is 0.337 e. The summed E-state index contributed by atoms with van der Waals surface area (Å²) in [6.07, 6.45) is 0.229. The molecule has 5 nitrogen and oxygen atoms in total. The van der Waals surface area contributed by atoms with E-state index in [0.717, 1.165) is 0 Å². The maximum absolute atomic E-state index is 11.7. The van der Waals surface area contributed by atoms with Gasteiger partial charge in [-0.2, -0.15) is 0 Å². The molecule has 1 N–H and O–H groups in total. The highest BCUT2D eigenvalue weighted by Gasteiger charge is 2.31. The van der Waals surface area contributed by atoms with Gasteiger partial charge in [-0.1, -0.05) is 0 Å². The van der Waals surface area contributed by atoms with Crippen molar-refractivity contribution in [3.05, 3.63) is 23.8 Å². The molecule has 6 heteroatoms. The summed E-state index contributed by atoms with van der Waals surface area (Å²) in [7, 11) is 1.45. The van der Waals surface area contributed by atoms with Crippen molar-refractivity contribution in [3.8, 4) is 5.75 Å². The van der Waals surface area contributed by atoms with Gasteiger partial charge in [0.25, 0.3) is 0 Å². The number of carboxylic acid groups (broad SMARTS) is 1. The highest BCUT2D eigenvalue weighted by Crippen LogP contribution is 2.30. The van der Waals surface area contributed by atoms with Crippen LogP contribution in [0, 0.1) is 0 Å². The van der Waals surface area contributed by atoms with E-state index in [1.807, 2.05) is 0 Å².